The van der Waals surface area contributed by atoms with Crippen molar-refractivity contribution in [1.29, 1.82) is 0 Å². The zero-order chi connectivity index (χ0) is 14.5. The van der Waals surface area contributed by atoms with Gasteiger partial charge in [-0.3, -0.25) is 0 Å². The average Bonchev–Trinajstić information content (AvgIpc) is 3.10. The zero-order valence-electron chi connectivity index (χ0n) is 11.1. The van der Waals surface area contributed by atoms with Crippen molar-refractivity contribution in [2.75, 3.05) is 13.1 Å². The molecule has 1 aliphatic rings. The maximum atomic E-state index is 10.1. The van der Waals surface area contributed by atoms with Crippen LogP contribution in [-0.4, -0.2) is 39.5 Å². The minimum atomic E-state index is -0.990. The molecule has 0 saturated carbocycles. The van der Waals surface area contributed by atoms with E-state index in [0.29, 0.717) is 0 Å². The summed E-state index contributed by atoms with van der Waals surface area (Å²) in [6.45, 7) is 2.50. The second-order valence-corrected chi connectivity index (χ2v) is 3.92. The van der Waals surface area contributed by atoms with Gasteiger partial charge >= 0.3 is 5.97 Å². The van der Waals surface area contributed by atoms with Crippen LogP contribution in [0.4, 0.5) is 0 Å². The molecule has 2 aromatic heterocycles. The Kier molecular flexibility index (Phi) is 8.38. The van der Waals surface area contributed by atoms with Gasteiger partial charge in [-0.1, -0.05) is 12.5 Å². The molecule has 2 aromatic rings. The topological polar surface area (TPSA) is 101 Å². The Morgan fingerprint density at radius 1 is 1.20 bits per heavy atom. The molecule has 0 atom stereocenters. The summed E-state index contributed by atoms with van der Waals surface area (Å²) in [5.74, 6) is -0.990. The molecular formula is C13H18N4O3. The number of rotatable bonds is 1. The zero-order valence-corrected chi connectivity index (χ0v) is 11.1. The van der Waals surface area contributed by atoms with E-state index in [1.54, 1.807) is 12.1 Å². The maximum absolute atomic E-state index is 10.1. The van der Waals surface area contributed by atoms with Crippen molar-refractivity contribution in [3.63, 3.8) is 0 Å². The lowest BCUT2D eigenvalue weighted by atomic mass is 10.2. The summed E-state index contributed by atoms with van der Waals surface area (Å²) in [5.41, 5.74) is 0.0810. The van der Waals surface area contributed by atoms with Gasteiger partial charge < -0.3 is 14.9 Å². The molecule has 3 rings (SSSR count). The van der Waals surface area contributed by atoms with Crippen LogP contribution >= 0.6 is 0 Å². The number of aromatic carboxylic acids is 1. The normalized spacial score (nSPS) is 13.2. The summed E-state index contributed by atoms with van der Waals surface area (Å²) >= 11 is 0. The van der Waals surface area contributed by atoms with Crippen LogP contribution in [0.1, 0.15) is 29.8 Å². The van der Waals surface area contributed by atoms with Crippen molar-refractivity contribution in [2.45, 2.75) is 19.3 Å². The average molecular weight is 278 g/mol. The van der Waals surface area contributed by atoms with Gasteiger partial charge in [-0.2, -0.15) is 0 Å². The lowest BCUT2D eigenvalue weighted by Crippen LogP contribution is -2.21. The highest BCUT2D eigenvalue weighted by Gasteiger charge is 1.98. The lowest BCUT2D eigenvalue weighted by molar-refractivity contribution is 0.0690. The summed E-state index contributed by atoms with van der Waals surface area (Å²) in [7, 11) is 0. The standard InChI is InChI=1S/C6H5NO2.C5H11N.C2H2N2O/c8-6(9)5-3-1-2-4-7-5;1-2-4-6-5-3-1;1-2-5-4-3-1/h1-4H,(H,8,9);6H,1-5H2;1-2H. The van der Waals surface area contributed by atoms with E-state index in [0.717, 1.165) is 0 Å². The van der Waals surface area contributed by atoms with E-state index in [1.165, 1.54) is 57.1 Å². The smallest absolute Gasteiger partial charge is 0.354 e. The third-order valence-electron chi connectivity index (χ3n) is 2.37. The number of carbonyl (C=O) groups is 1. The van der Waals surface area contributed by atoms with Gasteiger partial charge in [0.1, 0.15) is 12.0 Å². The Labute approximate surface area is 117 Å². The summed E-state index contributed by atoms with van der Waals surface area (Å²) in [6.07, 6.45) is 8.54. The Bertz CT molecular complexity index is 415. The monoisotopic (exact) mass is 278 g/mol. The van der Waals surface area contributed by atoms with Crippen LogP contribution < -0.4 is 5.32 Å². The number of carboxylic acid groups (broad SMARTS) is 1. The lowest BCUT2D eigenvalue weighted by Gasteiger charge is -2.08. The summed E-state index contributed by atoms with van der Waals surface area (Å²) < 4.78 is 4.22. The highest BCUT2D eigenvalue weighted by atomic mass is 16.5. The van der Waals surface area contributed by atoms with Gasteiger partial charge in [-0.25, -0.2) is 9.78 Å². The van der Waals surface area contributed by atoms with Crippen LogP contribution in [0.25, 0.3) is 0 Å². The van der Waals surface area contributed by atoms with Gasteiger partial charge in [-0.15, -0.1) is 5.10 Å². The summed E-state index contributed by atoms with van der Waals surface area (Å²) in [5, 5.41) is 18.0. The molecule has 0 radical (unpaired) electrons. The van der Waals surface area contributed by atoms with Crippen molar-refractivity contribution in [1.82, 2.24) is 20.7 Å². The predicted octanol–water partition coefficient (Wildman–Crippen LogP) is 1.61. The fourth-order valence-electron chi connectivity index (χ4n) is 1.43. The van der Waals surface area contributed by atoms with Crippen LogP contribution in [0.2, 0.25) is 0 Å². The Morgan fingerprint density at radius 3 is 2.25 bits per heavy atom. The minimum Gasteiger partial charge on any atom is -0.477 e. The molecule has 7 nitrogen and oxygen atoms in total. The summed E-state index contributed by atoms with van der Waals surface area (Å²) in [6, 6.07) is 4.76. The molecular weight excluding hydrogens is 260 g/mol. The molecule has 0 aromatic carbocycles. The number of nitrogens with zero attached hydrogens (tertiary/aromatic N) is 3. The van der Waals surface area contributed by atoms with Crippen molar-refractivity contribution in [2.24, 2.45) is 0 Å². The number of aromatic nitrogens is 3. The Hall–Kier alpha value is -2.28. The van der Waals surface area contributed by atoms with Crippen molar-refractivity contribution in [3.8, 4) is 0 Å². The molecule has 0 aliphatic carbocycles. The largest absolute Gasteiger partial charge is 0.477 e. The fraction of sp³-hybridized carbons (Fsp3) is 0.385. The van der Waals surface area contributed by atoms with Crippen molar-refractivity contribution < 1.29 is 14.4 Å². The SMILES string of the molecule is C1CCNCC1.O=C(O)c1ccccn1.c1conn1. The number of hydrogen-bond donors (Lipinski definition) is 2. The quantitative estimate of drug-likeness (QED) is 0.817. The molecule has 20 heavy (non-hydrogen) atoms. The third kappa shape index (κ3) is 7.93. The fourth-order valence-corrected chi connectivity index (χ4v) is 1.43. The number of hydrogen-bond acceptors (Lipinski definition) is 6. The first kappa shape index (κ1) is 15.8. The van der Waals surface area contributed by atoms with Crippen LogP contribution in [0, 0.1) is 0 Å². The highest BCUT2D eigenvalue weighted by Crippen LogP contribution is 1.96. The van der Waals surface area contributed by atoms with E-state index in [4.69, 9.17) is 5.11 Å². The van der Waals surface area contributed by atoms with Crippen LogP contribution in [0.15, 0.2) is 41.4 Å². The molecule has 0 unspecified atom stereocenters. The number of piperidine rings is 1. The Balaban J connectivity index is 0.000000158. The number of pyridine rings is 1. The molecule has 0 bridgehead atoms. The van der Waals surface area contributed by atoms with Gasteiger partial charge in [0.05, 0.1) is 6.20 Å². The van der Waals surface area contributed by atoms with Crippen molar-refractivity contribution >= 4 is 5.97 Å². The second kappa shape index (κ2) is 10.6. The molecule has 2 N–H and O–H groups in total. The predicted molar refractivity (Wildman–Crippen MR) is 72.2 cm³/mol. The van der Waals surface area contributed by atoms with Gasteiger partial charge in [0.25, 0.3) is 0 Å². The molecule has 0 spiro atoms. The number of carboxylic acids is 1. The van der Waals surface area contributed by atoms with Crippen LogP contribution in [0.5, 0.6) is 0 Å². The molecule has 0 amide bonds. The van der Waals surface area contributed by atoms with E-state index in [1.807, 2.05) is 0 Å². The molecule has 108 valence electrons. The van der Waals surface area contributed by atoms with Gasteiger partial charge in [0.2, 0.25) is 0 Å². The number of nitrogens with one attached hydrogen (secondary N) is 1. The molecule has 7 heteroatoms. The highest BCUT2D eigenvalue weighted by molar-refractivity contribution is 5.85. The molecule has 1 saturated heterocycles. The van der Waals surface area contributed by atoms with Gasteiger partial charge in [0.15, 0.2) is 0 Å². The van der Waals surface area contributed by atoms with E-state index in [2.05, 4.69) is 25.2 Å². The maximum Gasteiger partial charge on any atom is 0.354 e. The third-order valence-corrected chi connectivity index (χ3v) is 2.37. The van der Waals surface area contributed by atoms with E-state index >= 15 is 0 Å². The first-order chi connectivity index (χ1) is 9.80. The first-order valence-corrected chi connectivity index (χ1v) is 6.37. The van der Waals surface area contributed by atoms with Crippen molar-refractivity contribution in [3.05, 3.63) is 42.5 Å². The second-order valence-electron chi connectivity index (χ2n) is 3.92. The first-order valence-electron chi connectivity index (χ1n) is 6.37. The molecule has 3 heterocycles. The molecule has 1 aliphatic heterocycles. The minimum absolute atomic E-state index is 0.0810. The van der Waals surface area contributed by atoms with Gasteiger partial charge in [-0.05, 0) is 38.1 Å². The van der Waals surface area contributed by atoms with E-state index < -0.39 is 5.97 Å². The van der Waals surface area contributed by atoms with Crippen LogP contribution in [-0.2, 0) is 0 Å². The van der Waals surface area contributed by atoms with Crippen LogP contribution in [0.3, 0.4) is 0 Å². The van der Waals surface area contributed by atoms with E-state index in [9.17, 15) is 4.79 Å². The van der Waals surface area contributed by atoms with Gasteiger partial charge in [0, 0.05) is 11.5 Å². The summed E-state index contributed by atoms with van der Waals surface area (Å²) in [4.78, 5) is 13.7. The Morgan fingerprint density at radius 2 is 2.00 bits per heavy atom. The van der Waals surface area contributed by atoms with E-state index in [-0.39, 0.29) is 5.69 Å². The molecule has 1 fully saturated rings.